The predicted octanol–water partition coefficient (Wildman–Crippen LogP) is 2.73. The molecular weight excluding hydrogens is 148 g/mol. The van der Waals surface area contributed by atoms with E-state index in [0.717, 1.165) is 6.61 Å². The first kappa shape index (κ1) is 9.01. The van der Waals surface area contributed by atoms with Crippen molar-refractivity contribution >= 4 is 6.08 Å². The van der Waals surface area contributed by atoms with Gasteiger partial charge in [-0.2, -0.15) is 0 Å². The average molecular weight is 162 g/mol. The van der Waals surface area contributed by atoms with E-state index in [-0.39, 0.29) is 0 Å². The van der Waals surface area contributed by atoms with Gasteiger partial charge in [0, 0.05) is 0 Å². The summed E-state index contributed by atoms with van der Waals surface area (Å²) in [6.07, 6.45) is 2.42. The lowest BCUT2D eigenvalue weighted by molar-refractivity contribution is 0.423. The van der Waals surface area contributed by atoms with E-state index in [1.165, 1.54) is 5.56 Å². The van der Waals surface area contributed by atoms with E-state index >= 15 is 0 Å². The van der Waals surface area contributed by atoms with E-state index in [0.29, 0.717) is 6.10 Å². The van der Waals surface area contributed by atoms with Gasteiger partial charge in [-0.25, -0.2) is 0 Å². The molecule has 1 saturated heterocycles. The van der Waals surface area contributed by atoms with Crippen LogP contribution >= 0.6 is 0 Å². The van der Waals surface area contributed by atoms with Gasteiger partial charge in [0.05, 0.1) is 12.7 Å². The number of epoxide rings is 1. The molecule has 1 atom stereocenters. The lowest BCUT2D eigenvalue weighted by Gasteiger charge is -1.85. The van der Waals surface area contributed by atoms with Gasteiger partial charge < -0.3 is 4.74 Å². The van der Waals surface area contributed by atoms with E-state index in [2.05, 4.69) is 13.5 Å². The van der Waals surface area contributed by atoms with Crippen molar-refractivity contribution in [2.45, 2.75) is 13.0 Å². The first-order valence-electron chi connectivity index (χ1n) is 4.12. The van der Waals surface area contributed by atoms with Gasteiger partial charge in [-0.3, -0.25) is 0 Å². The third kappa shape index (κ3) is 3.94. The Morgan fingerprint density at radius 3 is 2.17 bits per heavy atom. The minimum atomic E-state index is 0.583. The molecule has 12 heavy (non-hydrogen) atoms. The quantitative estimate of drug-likeness (QED) is 0.578. The van der Waals surface area contributed by atoms with Crippen LogP contribution in [0.5, 0.6) is 0 Å². The third-order valence-electron chi connectivity index (χ3n) is 1.54. The van der Waals surface area contributed by atoms with Crippen molar-refractivity contribution in [2.75, 3.05) is 6.61 Å². The molecule has 1 aliphatic rings. The van der Waals surface area contributed by atoms with Crippen LogP contribution in [0.15, 0.2) is 36.9 Å². The van der Waals surface area contributed by atoms with Crippen molar-refractivity contribution in [3.63, 3.8) is 0 Å². The van der Waals surface area contributed by atoms with E-state index < -0.39 is 0 Å². The molecule has 1 aromatic rings. The van der Waals surface area contributed by atoms with Crippen LogP contribution in [0, 0.1) is 0 Å². The summed E-state index contributed by atoms with van der Waals surface area (Å²) in [5, 5.41) is 0. The number of benzene rings is 1. The first-order chi connectivity index (χ1) is 5.83. The van der Waals surface area contributed by atoms with Gasteiger partial charge in [-0.15, -0.1) is 0 Å². The van der Waals surface area contributed by atoms with E-state index in [4.69, 9.17) is 4.74 Å². The Labute approximate surface area is 73.7 Å². The highest BCUT2D eigenvalue weighted by molar-refractivity contribution is 5.45. The van der Waals surface area contributed by atoms with Gasteiger partial charge in [0.15, 0.2) is 0 Å². The van der Waals surface area contributed by atoms with Gasteiger partial charge in [0.25, 0.3) is 0 Å². The summed E-state index contributed by atoms with van der Waals surface area (Å²) in [5.74, 6) is 0. The lowest BCUT2D eigenvalue weighted by Crippen LogP contribution is -1.63. The van der Waals surface area contributed by atoms with Gasteiger partial charge in [-0.05, 0) is 12.5 Å². The molecule has 0 radical (unpaired) electrons. The molecule has 1 heterocycles. The van der Waals surface area contributed by atoms with Crippen LogP contribution in [0.25, 0.3) is 6.08 Å². The summed E-state index contributed by atoms with van der Waals surface area (Å²) in [5.41, 5.74) is 1.17. The maximum atomic E-state index is 4.71. The molecule has 2 rings (SSSR count). The normalized spacial score (nSPS) is 18.9. The van der Waals surface area contributed by atoms with E-state index in [1.54, 1.807) is 0 Å². The fraction of sp³-hybridized carbons (Fsp3) is 0.273. The number of hydrogen-bond acceptors (Lipinski definition) is 1. The zero-order valence-corrected chi connectivity index (χ0v) is 7.36. The van der Waals surface area contributed by atoms with Crippen LogP contribution in [0.2, 0.25) is 0 Å². The maximum absolute atomic E-state index is 4.71. The molecule has 0 aliphatic carbocycles. The molecule has 0 spiro atoms. The third-order valence-corrected chi connectivity index (χ3v) is 1.54. The summed E-state index contributed by atoms with van der Waals surface area (Å²) in [6, 6.07) is 10.0. The minimum absolute atomic E-state index is 0.583. The highest BCUT2D eigenvalue weighted by Crippen LogP contribution is 2.04. The van der Waals surface area contributed by atoms with Crippen molar-refractivity contribution in [1.29, 1.82) is 0 Å². The first-order valence-corrected chi connectivity index (χ1v) is 4.12. The molecule has 0 N–H and O–H groups in total. The Kier molecular flexibility index (Phi) is 3.55. The molecule has 1 aliphatic heterocycles. The van der Waals surface area contributed by atoms with Crippen LogP contribution < -0.4 is 0 Å². The van der Waals surface area contributed by atoms with Crippen molar-refractivity contribution in [3.8, 4) is 0 Å². The average Bonchev–Trinajstić information content (AvgIpc) is 2.90. The number of hydrogen-bond donors (Lipinski definition) is 0. The zero-order valence-electron chi connectivity index (χ0n) is 7.36. The predicted molar refractivity (Wildman–Crippen MR) is 51.9 cm³/mol. The van der Waals surface area contributed by atoms with Crippen LogP contribution in [-0.4, -0.2) is 12.7 Å². The summed E-state index contributed by atoms with van der Waals surface area (Å²) >= 11 is 0. The van der Waals surface area contributed by atoms with Gasteiger partial charge in [0.2, 0.25) is 0 Å². The van der Waals surface area contributed by atoms with Gasteiger partial charge in [0.1, 0.15) is 0 Å². The zero-order chi connectivity index (χ0) is 8.81. The van der Waals surface area contributed by atoms with Crippen molar-refractivity contribution in [2.24, 2.45) is 0 Å². The standard InChI is InChI=1S/C8H8.C3H6O/c1-2-8-6-4-3-5-7-8;1-3-2-4-3/h2-7H,1H2;3H,2H2,1H3. The van der Waals surface area contributed by atoms with Gasteiger partial charge in [-0.1, -0.05) is 43.0 Å². The smallest absolute Gasteiger partial charge is 0.0781 e. The van der Waals surface area contributed by atoms with Gasteiger partial charge >= 0.3 is 0 Å². The summed E-state index contributed by atoms with van der Waals surface area (Å²) in [7, 11) is 0. The second kappa shape index (κ2) is 4.73. The largest absolute Gasteiger partial charge is 0.373 e. The summed E-state index contributed by atoms with van der Waals surface area (Å²) in [6.45, 7) is 6.67. The second-order valence-electron chi connectivity index (χ2n) is 2.76. The topological polar surface area (TPSA) is 12.5 Å². The Bertz CT molecular complexity index is 224. The lowest BCUT2D eigenvalue weighted by atomic mass is 10.2. The molecular formula is C11H14O. The van der Waals surface area contributed by atoms with Crippen LogP contribution in [-0.2, 0) is 4.74 Å². The Morgan fingerprint density at radius 2 is 1.92 bits per heavy atom. The summed E-state index contributed by atoms with van der Waals surface area (Å²) < 4.78 is 4.71. The van der Waals surface area contributed by atoms with Crippen molar-refractivity contribution in [1.82, 2.24) is 0 Å². The molecule has 1 fully saturated rings. The Balaban J connectivity index is 0.000000150. The molecule has 1 heteroatoms. The molecule has 0 bridgehead atoms. The van der Waals surface area contributed by atoms with E-state index in [1.807, 2.05) is 36.4 Å². The fourth-order valence-corrected chi connectivity index (χ4v) is 0.685. The van der Waals surface area contributed by atoms with E-state index in [9.17, 15) is 0 Å². The fourth-order valence-electron chi connectivity index (χ4n) is 0.685. The summed E-state index contributed by atoms with van der Waals surface area (Å²) in [4.78, 5) is 0. The monoisotopic (exact) mass is 162 g/mol. The number of rotatable bonds is 1. The highest BCUT2D eigenvalue weighted by Gasteiger charge is 2.13. The molecule has 1 unspecified atom stereocenters. The van der Waals surface area contributed by atoms with Crippen LogP contribution in [0.3, 0.4) is 0 Å². The van der Waals surface area contributed by atoms with Crippen LogP contribution in [0.4, 0.5) is 0 Å². The van der Waals surface area contributed by atoms with Crippen molar-refractivity contribution in [3.05, 3.63) is 42.5 Å². The molecule has 1 nitrogen and oxygen atoms in total. The minimum Gasteiger partial charge on any atom is -0.373 e. The maximum Gasteiger partial charge on any atom is 0.0781 e. The van der Waals surface area contributed by atoms with Crippen LogP contribution in [0.1, 0.15) is 12.5 Å². The molecule has 0 amide bonds. The molecule has 64 valence electrons. The Hall–Kier alpha value is -1.08. The SMILES string of the molecule is C=Cc1ccccc1.CC1CO1. The molecule has 0 saturated carbocycles. The number of ether oxygens (including phenoxy) is 1. The van der Waals surface area contributed by atoms with Crippen molar-refractivity contribution < 1.29 is 4.74 Å². The Morgan fingerprint density at radius 1 is 1.42 bits per heavy atom. The molecule has 0 aromatic heterocycles. The highest BCUT2D eigenvalue weighted by atomic mass is 16.6. The second-order valence-corrected chi connectivity index (χ2v) is 2.76. The molecule has 1 aromatic carbocycles.